The fourth-order valence-electron chi connectivity index (χ4n) is 6.19. The molecule has 0 bridgehead atoms. The van der Waals surface area contributed by atoms with Gasteiger partial charge in [0.05, 0.1) is 12.1 Å². The van der Waals surface area contributed by atoms with Gasteiger partial charge in [0.1, 0.15) is 17.1 Å². The molecule has 6 amide bonds. The van der Waals surface area contributed by atoms with Crippen LogP contribution in [0.1, 0.15) is 27.7 Å². The number of fused-ring (bicyclic) bond motifs is 1. The number of carboxylic acids is 2. The molecule has 54 heavy (non-hydrogen) atoms. The molecule has 3 atom stereocenters. The highest BCUT2D eigenvalue weighted by molar-refractivity contribution is 8.05. The van der Waals surface area contributed by atoms with Gasteiger partial charge in [0, 0.05) is 36.0 Å². The number of nitrogens with zero attached hydrogens (tertiary/aromatic N) is 4. The van der Waals surface area contributed by atoms with Gasteiger partial charge in [-0.15, -0.1) is 34.9 Å². The van der Waals surface area contributed by atoms with Crippen molar-refractivity contribution in [3.05, 3.63) is 93.6 Å². The predicted octanol–water partition coefficient (Wildman–Crippen LogP) is 2.92. The summed E-state index contributed by atoms with van der Waals surface area (Å²) in [6.07, 6.45) is 1.44. The van der Waals surface area contributed by atoms with Crippen LogP contribution in [0.4, 0.5) is 4.79 Å². The van der Waals surface area contributed by atoms with E-state index in [0.29, 0.717) is 26.0 Å². The van der Waals surface area contributed by atoms with Crippen molar-refractivity contribution in [2.75, 3.05) is 30.9 Å². The third-order valence-corrected chi connectivity index (χ3v) is 14.0. The number of aliphatic carboxylic acids is 2. The Morgan fingerprint density at radius 1 is 1.00 bits per heavy atom. The first-order valence-corrected chi connectivity index (χ1v) is 20.5. The number of thiazole rings is 1. The SMILES string of the molecule is CS[C@@]1(NC(=O)C(NC(=O)N2CCN(Cc3ccccc3)C(=O)C2=O)c2ccccc2)C(=O)N2C(C(=O)O)=C(CSc3nc(C)c(CC(=O)O)s3)CS[C@@H]21. The Morgan fingerprint density at radius 2 is 1.69 bits per heavy atom. The van der Waals surface area contributed by atoms with Crippen molar-refractivity contribution in [2.24, 2.45) is 0 Å². The van der Waals surface area contributed by atoms with E-state index < -0.39 is 57.9 Å². The molecule has 4 N–H and O–H groups in total. The summed E-state index contributed by atoms with van der Waals surface area (Å²) in [6.45, 7) is 1.88. The van der Waals surface area contributed by atoms with Crippen LogP contribution in [-0.2, 0) is 41.7 Å². The lowest BCUT2D eigenvalue weighted by molar-refractivity contribution is -0.154. The van der Waals surface area contributed by atoms with Crippen LogP contribution >= 0.6 is 46.6 Å². The number of β-lactam (4-membered cyclic amide) rings is 1. The number of carbonyl (C=O) groups excluding carboxylic acids is 5. The molecule has 6 rings (SSSR count). The zero-order valence-corrected chi connectivity index (χ0v) is 32.1. The summed E-state index contributed by atoms with van der Waals surface area (Å²) in [6, 6.07) is 15.0. The van der Waals surface area contributed by atoms with Crippen LogP contribution in [0.25, 0.3) is 0 Å². The zero-order valence-electron chi connectivity index (χ0n) is 28.8. The normalized spacial score (nSPS) is 20.3. The van der Waals surface area contributed by atoms with Crippen molar-refractivity contribution >= 4 is 88.2 Å². The van der Waals surface area contributed by atoms with Gasteiger partial charge in [-0.05, 0) is 29.9 Å². The van der Waals surface area contributed by atoms with Crippen molar-refractivity contribution in [2.45, 2.75) is 40.5 Å². The van der Waals surface area contributed by atoms with Crippen LogP contribution < -0.4 is 10.6 Å². The van der Waals surface area contributed by atoms with Crippen LogP contribution in [0.3, 0.4) is 0 Å². The van der Waals surface area contributed by atoms with Crippen molar-refractivity contribution in [1.29, 1.82) is 0 Å². The average Bonchev–Trinajstić information content (AvgIpc) is 3.51. The number of carbonyl (C=O) groups is 7. The minimum Gasteiger partial charge on any atom is -0.481 e. The highest BCUT2D eigenvalue weighted by Crippen LogP contribution is 2.51. The maximum atomic E-state index is 14.1. The lowest BCUT2D eigenvalue weighted by Crippen LogP contribution is -2.78. The maximum absolute atomic E-state index is 14.1. The van der Waals surface area contributed by atoms with Crippen molar-refractivity contribution in [1.82, 2.24) is 30.3 Å². The average molecular weight is 811 g/mol. The minimum atomic E-state index is -1.59. The second kappa shape index (κ2) is 16.3. The lowest BCUT2D eigenvalue weighted by Gasteiger charge is -2.56. The van der Waals surface area contributed by atoms with Crippen molar-refractivity contribution in [3.63, 3.8) is 0 Å². The quantitative estimate of drug-likeness (QED) is 0.0850. The number of aryl methyl sites for hydroxylation is 1. The van der Waals surface area contributed by atoms with Gasteiger partial charge in [-0.2, -0.15) is 0 Å². The number of piperazine rings is 1. The van der Waals surface area contributed by atoms with Gasteiger partial charge in [-0.25, -0.2) is 14.6 Å². The van der Waals surface area contributed by atoms with E-state index in [1.54, 1.807) is 43.5 Å². The molecule has 0 radical (unpaired) electrons. The molecule has 2 aromatic carbocycles. The maximum Gasteiger partial charge on any atom is 0.352 e. The molecule has 3 aliphatic heterocycles. The molecule has 2 fully saturated rings. The summed E-state index contributed by atoms with van der Waals surface area (Å²) in [5.41, 5.74) is 2.01. The molecule has 3 aliphatic rings. The Bertz CT molecular complexity index is 2050. The van der Waals surface area contributed by atoms with Crippen LogP contribution in [0.15, 0.2) is 76.3 Å². The Labute approximate surface area is 325 Å². The zero-order chi connectivity index (χ0) is 38.7. The number of benzene rings is 2. The molecule has 0 spiro atoms. The van der Waals surface area contributed by atoms with Crippen LogP contribution in [0.5, 0.6) is 0 Å². The van der Waals surface area contributed by atoms with Gasteiger partial charge in [0.15, 0.2) is 9.21 Å². The van der Waals surface area contributed by atoms with Crippen LogP contribution in [0, 0.1) is 6.92 Å². The molecule has 3 aromatic rings. The molecule has 4 heterocycles. The Morgan fingerprint density at radius 3 is 2.33 bits per heavy atom. The van der Waals surface area contributed by atoms with Crippen LogP contribution in [0.2, 0.25) is 0 Å². The van der Waals surface area contributed by atoms with E-state index >= 15 is 0 Å². The summed E-state index contributed by atoms with van der Waals surface area (Å²) >= 11 is 4.77. The number of rotatable bonds is 13. The number of nitrogens with one attached hydrogen (secondary N) is 2. The van der Waals surface area contributed by atoms with E-state index in [-0.39, 0.29) is 43.3 Å². The first-order valence-electron chi connectivity index (χ1n) is 16.4. The number of urea groups is 1. The number of imide groups is 1. The molecule has 0 aliphatic carbocycles. The van der Waals surface area contributed by atoms with Gasteiger partial charge in [0.2, 0.25) is 5.91 Å². The number of amides is 6. The monoisotopic (exact) mass is 810 g/mol. The molecule has 19 heteroatoms. The van der Waals surface area contributed by atoms with E-state index in [1.807, 2.05) is 30.3 Å². The number of hydrogen-bond acceptors (Lipinski definition) is 12. The smallest absolute Gasteiger partial charge is 0.352 e. The lowest BCUT2D eigenvalue weighted by atomic mass is 10.00. The fourth-order valence-corrected chi connectivity index (χ4v) is 11.2. The number of hydrogen-bond donors (Lipinski definition) is 4. The molecule has 282 valence electrons. The molecule has 1 aromatic heterocycles. The minimum absolute atomic E-state index is 0.0864. The van der Waals surface area contributed by atoms with Crippen molar-refractivity contribution < 1.29 is 43.8 Å². The third-order valence-electron chi connectivity index (χ3n) is 8.93. The Kier molecular flexibility index (Phi) is 11.7. The molecular formula is C35H34N6O9S4. The fraction of sp³-hybridized carbons (Fsp3) is 0.314. The molecule has 0 saturated carbocycles. The summed E-state index contributed by atoms with van der Waals surface area (Å²) in [5, 5.41) is 24.0. The third kappa shape index (κ3) is 7.71. The Hall–Kier alpha value is -4.85. The highest BCUT2D eigenvalue weighted by Gasteiger charge is 2.65. The summed E-state index contributed by atoms with van der Waals surface area (Å²) in [4.78, 5) is 98.2. The van der Waals surface area contributed by atoms with Crippen LogP contribution in [-0.4, -0.2) is 113 Å². The van der Waals surface area contributed by atoms with Gasteiger partial charge < -0.3 is 25.7 Å². The molecule has 15 nitrogen and oxygen atoms in total. The first-order chi connectivity index (χ1) is 25.8. The largest absolute Gasteiger partial charge is 0.481 e. The topological polar surface area (TPSA) is 207 Å². The predicted molar refractivity (Wildman–Crippen MR) is 202 cm³/mol. The van der Waals surface area contributed by atoms with E-state index in [0.717, 1.165) is 27.1 Å². The van der Waals surface area contributed by atoms with Gasteiger partial charge >= 0.3 is 29.8 Å². The summed E-state index contributed by atoms with van der Waals surface area (Å²) in [7, 11) is 0. The van der Waals surface area contributed by atoms with E-state index in [4.69, 9.17) is 5.11 Å². The number of aromatic nitrogens is 1. The molecule has 1 unspecified atom stereocenters. The Balaban J connectivity index is 1.17. The summed E-state index contributed by atoms with van der Waals surface area (Å²) in [5.74, 6) is -5.24. The van der Waals surface area contributed by atoms with Gasteiger partial charge in [-0.3, -0.25) is 33.8 Å². The number of thioether (sulfide) groups is 3. The standard InChI is InChI=1S/C35H34N6O9S4/c1-19-23(15-24(42)43)54-34(36-19)53-18-22-17-52-32-35(51-2,31(49)41(32)26(22)30(47)48)38-27(44)25(21-11-7-4-8-12-21)37-33(50)40-14-13-39(28(45)29(40)46)16-20-9-5-3-6-10-20/h3-12,25,32H,13-18H2,1-2H3,(H,37,50)(H,38,44)(H,42,43)(H,47,48)/t25?,32-,35+/m1/s1. The van der Waals surface area contributed by atoms with E-state index in [9.17, 15) is 38.7 Å². The molecule has 2 saturated heterocycles. The second-order valence-electron chi connectivity index (χ2n) is 12.3. The molecular weight excluding hydrogens is 777 g/mol. The van der Waals surface area contributed by atoms with Gasteiger partial charge in [0.25, 0.3) is 5.91 Å². The highest BCUT2D eigenvalue weighted by atomic mass is 32.2. The second-order valence-corrected chi connectivity index (χ2v) is 16.8. The van der Waals surface area contributed by atoms with Gasteiger partial charge in [-0.1, -0.05) is 72.4 Å². The van der Waals surface area contributed by atoms with E-state index in [2.05, 4.69) is 15.6 Å². The summed E-state index contributed by atoms with van der Waals surface area (Å²) < 4.78 is 0.572. The van der Waals surface area contributed by atoms with Crippen molar-refractivity contribution in [3.8, 4) is 0 Å². The number of carboxylic acid groups (broad SMARTS) is 2. The van der Waals surface area contributed by atoms with E-state index in [1.165, 1.54) is 39.8 Å². The first kappa shape index (κ1) is 38.9.